The molecule has 0 aliphatic heterocycles. The number of fused-ring (bicyclic) bond motifs is 1. The zero-order chi connectivity index (χ0) is 27.3. The fourth-order valence-corrected chi connectivity index (χ4v) is 6.07. The highest BCUT2D eigenvalue weighted by molar-refractivity contribution is 7.91. The van der Waals surface area contributed by atoms with Gasteiger partial charge in [-0.2, -0.15) is 0 Å². The molecule has 0 saturated carbocycles. The number of aromatic nitrogens is 2. The van der Waals surface area contributed by atoms with E-state index in [1.165, 1.54) is 6.26 Å². The molecular weight excluding hydrogens is 520 g/mol. The van der Waals surface area contributed by atoms with Crippen LogP contribution in [0, 0.1) is 0 Å². The second-order valence-corrected chi connectivity index (χ2v) is 13.7. The molecule has 0 fully saturated rings. The number of nitrogens with two attached hydrogens (primary N) is 1. The van der Waals surface area contributed by atoms with Gasteiger partial charge in [0.15, 0.2) is 5.82 Å². The molecule has 4 rings (SSSR count). The highest BCUT2D eigenvalue weighted by Gasteiger charge is 2.17. The van der Waals surface area contributed by atoms with Gasteiger partial charge in [-0.3, -0.25) is 0 Å². The van der Waals surface area contributed by atoms with Crippen molar-refractivity contribution in [2.24, 2.45) is 0 Å². The molecule has 0 aliphatic carbocycles. The molecule has 10 heteroatoms. The molecule has 8 nitrogen and oxygen atoms in total. The first kappa shape index (κ1) is 27.7. The Morgan fingerprint density at radius 3 is 2.18 bits per heavy atom. The van der Waals surface area contributed by atoms with E-state index in [1.54, 1.807) is 54.6 Å². The predicted octanol–water partition coefficient (Wildman–Crippen LogP) is 4.01. The van der Waals surface area contributed by atoms with Crippen molar-refractivity contribution in [1.82, 2.24) is 14.9 Å². The molecule has 0 bridgehead atoms. The van der Waals surface area contributed by atoms with Crippen LogP contribution in [0.3, 0.4) is 0 Å². The topological polar surface area (TPSA) is 123 Å². The van der Waals surface area contributed by atoms with Gasteiger partial charge in [-0.1, -0.05) is 24.3 Å². The zero-order valence-corrected chi connectivity index (χ0v) is 23.2. The molecule has 4 aromatic rings. The number of benzene rings is 3. The van der Waals surface area contributed by atoms with Crippen molar-refractivity contribution < 1.29 is 16.8 Å². The molecule has 0 unspecified atom stereocenters. The lowest BCUT2D eigenvalue weighted by atomic mass is 10.1. The summed E-state index contributed by atoms with van der Waals surface area (Å²) in [4.78, 5) is 11.6. The Kier molecular flexibility index (Phi) is 8.44. The van der Waals surface area contributed by atoms with E-state index in [9.17, 15) is 16.8 Å². The smallest absolute Gasteiger partial charge is 0.206 e. The molecule has 3 aromatic carbocycles. The van der Waals surface area contributed by atoms with Gasteiger partial charge in [-0.25, -0.2) is 26.8 Å². The number of rotatable bonds is 11. The Bertz CT molecular complexity index is 1620. The summed E-state index contributed by atoms with van der Waals surface area (Å²) in [5, 5.41) is 0.778. The molecule has 0 radical (unpaired) electrons. The Hall–Kier alpha value is -3.34. The maximum atomic E-state index is 12.9. The van der Waals surface area contributed by atoms with Gasteiger partial charge in [0.1, 0.15) is 15.7 Å². The van der Waals surface area contributed by atoms with Crippen molar-refractivity contribution >= 4 is 36.4 Å². The van der Waals surface area contributed by atoms with E-state index in [-0.39, 0.29) is 15.5 Å². The average molecular weight is 553 g/mol. The minimum absolute atomic E-state index is 0.173. The zero-order valence-electron chi connectivity index (χ0n) is 21.5. The van der Waals surface area contributed by atoms with Crippen LogP contribution in [0.2, 0.25) is 0 Å². The van der Waals surface area contributed by atoms with E-state index in [0.29, 0.717) is 23.8 Å². The Morgan fingerprint density at radius 1 is 0.816 bits per heavy atom. The van der Waals surface area contributed by atoms with E-state index in [0.717, 1.165) is 42.3 Å². The first-order valence-corrected chi connectivity index (χ1v) is 15.9. The number of hydrogen-bond donors (Lipinski definition) is 1. The Morgan fingerprint density at radius 2 is 1.50 bits per heavy atom. The first-order valence-electron chi connectivity index (χ1n) is 12.4. The molecule has 0 aliphatic rings. The maximum absolute atomic E-state index is 12.9. The lowest BCUT2D eigenvalue weighted by Gasteiger charge is -2.15. The third-order valence-electron chi connectivity index (χ3n) is 6.37. The maximum Gasteiger partial charge on any atom is 0.206 e. The summed E-state index contributed by atoms with van der Waals surface area (Å²) < 4.78 is 48.4. The minimum Gasteiger partial charge on any atom is -0.383 e. The summed E-state index contributed by atoms with van der Waals surface area (Å²) in [6.07, 6.45) is 4.05. The van der Waals surface area contributed by atoms with Gasteiger partial charge in [0.25, 0.3) is 0 Å². The molecule has 0 amide bonds. The van der Waals surface area contributed by atoms with Crippen LogP contribution in [0.1, 0.15) is 18.4 Å². The Balaban J connectivity index is 1.43. The van der Waals surface area contributed by atoms with Crippen LogP contribution in [0.25, 0.3) is 22.3 Å². The standard InChI is InChI=1S/C28H32N4O4S2/c1-32(18-19-37(2,33)34)17-7-6-8-21-11-16-26-25(20-21)27(29)31-28(30-26)22-12-14-24(15-13-22)38(35,36)23-9-4-3-5-10-23/h3-5,9-16,20H,6-8,17-19H2,1-2H3,(H2,29,30,31). The quantitative estimate of drug-likeness (QED) is 0.277. The van der Waals surface area contributed by atoms with Crippen molar-refractivity contribution in [3.63, 3.8) is 0 Å². The van der Waals surface area contributed by atoms with E-state index < -0.39 is 19.7 Å². The summed E-state index contributed by atoms with van der Waals surface area (Å²) >= 11 is 0. The SMILES string of the molecule is CN(CCCCc1ccc2nc(-c3ccc(S(=O)(=O)c4ccccc4)cc3)nc(N)c2c1)CCS(C)(=O)=O. The van der Waals surface area contributed by atoms with Gasteiger partial charge in [-0.15, -0.1) is 0 Å². The number of anilines is 1. The number of sulfone groups is 2. The van der Waals surface area contributed by atoms with Crippen LogP contribution < -0.4 is 5.73 Å². The second-order valence-electron chi connectivity index (χ2n) is 9.52. The molecular formula is C28H32N4O4S2. The van der Waals surface area contributed by atoms with Gasteiger partial charge in [-0.05, 0) is 86.9 Å². The fourth-order valence-electron chi connectivity index (χ4n) is 4.15. The van der Waals surface area contributed by atoms with Crippen molar-refractivity contribution in [1.29, 1.82) is 0 Å². The summed E-state index contributed by atoms with van der Waals surface area (Å²) in [6, 6.07) is 20.8. The first-order chi connectivity index (χ1) is 18.0. The van der Waals surface area contributed by atoms with Crippen molar-refractivity contribution in [2.45, 2.75) is 29.1 Å². The van der Waals surface area contributed by atoms with E-state index >= 15 is 0 Å². The van der Waals surface area contributed by atoms with Crippen LogP contribution in [-0.2, 0) is 26.1 Å². The highest BCUT2D eigenvalue weighted by atomic mass is 32.2. The van der Waals surface area contributed by atoms with Crippen molar-refractivity contribution in [2.75, 3.05) is 37.9 Å². The summed E-state index contributed by atoms with van der Waals surface area (Å²) in [5.41, 5.74) is 8.83. The molecule has 0 spiro atoms. The molecule has 1 heterocycles. The minimum atomic E-state index is -3.60. The van der Waals surface area contributed by atoms with Crippen LogP contribution >= 0.6 is 0 Å². The van der Waals surface area contributed by atoms with E-state index in [4.69, 9.17) is 5.73 Å². The normalized spacial score (nSPS) is 12.3. The highest BCUT2D eigenvalue weighted by Crippen LogP contribution is 2.27. The summed E-state index contributed by atoms with van der Waals surface area (Å²) in [7, 11) is -4.61. The molecule has 0 atom stereocenters. The monoisotopic (exact) mass is 552 g/mol. The third kappa shape index (κ3) is 6.94. The third-order valence-corrected chi connectivity index (χ3v) is 9.07. The van der Waals surface area contributed by atoms with Crippen molar-refractivity contribution in [3.8, 4) is 11.4 Å². The number of unbranched alkanes of at least 4 members (excludes halogenated alkanes) is 1. The second kappa shape index (κ2) is 11.6. The number of aryl methyl sites for hydroxylation is 1. The van der Waals surface area contributed by atoms with Gasteiger partial charge < -0.3 is 10.6 Å². The summed E-state index contributed by atoms with van der Waals surface area (Å²) in [6.45, 7) is 1.37. The molecule has 0 saturated heterocycles. The van der Waals surface area contributed by atoms with Crippen LogP contribution in [0.4, 0.5) is 5.82 Å². The fraction of sp³-hybridized carbons (Fsp3) is 0.286. The van der Waals surface area contributed by atoms with Gasteiger partial charge in [0.2, 0.25) is 9.84 Å². The van der Waals surface area contributed by atoms with Gasteiger partial charge in [0.05, 0.1) is 21.1 Å². The van der Waals surface area contributed by atoms with E-state index in [2.05, 4.69) is 9.97 Å². The van der Waals surface area contributed by atoms with Crippen LogP contribution in [-0.4, -0.2) is 63.8 Å². The molecule has 38 heavy (non-hydrogen) atoms. The predicted molar refractivity (Wildman–Crippen MR) is 151 cm³/mol. The number of nitrogens with zero attached hydrogens (tertiary/aromatic N) is 3. The average Bonchev–Trinajstić information content (AvgIpc) is 2.90. The lowest BCUT2D eigenvalue weighted by molar-refractivity contribution is 0.344. The van der Waals surface area contributed by atoms with E-state index in [1.807, 2.05) is 30.1 Å². The lowest BCUT2D eigenvalue weighted by Crippen LogP contribution is -2.26. The van der Waals surface area contributed by atoms with Gasteiger partial charge in [0, 0.05) is 23.8 Å². The molecule has 2 N–H and O–H groups in total. The number of hydrogen-bond acceptors (Lipinski definition) is 8. The molecule has 200 valence electrons. The van der Waals surface area contributed by atoms with Gasteiger partial charge >= 0.3 is 0 Å². The summed E-state index contributed by atoms with van der Waals surface area (Å²) in [5.74, 6) is 0.976. The number of nitrogen functional groups attached to an aromatic ring is 1. The van der Waals surface area contributed by atoms with Crippen LogP contribution in [0.5, 0.6) is 0 Å². The Labute approximate surface area is 224 Å². The van der Waals surface area contributed by atoms with Crippen molar-refractivity contribution in [3.05, 3.63) is 78.4 Å². The van der Waals surface area contributed by atoms with Crippen LogP contribution in [0.15, 0.2) is 82.6 Å². The largest absolute Gasteiger partial charge is 0.383 e. The molecule has 1 aromatic heterocycles.